The summed E-state index contributed by atoms with van der Waals surface area (Å²) in [6.45, 7) is 3.95. The number of carbonyl (C=O) groups is 1. The zero-order chi connectivity index (χ0) is 13.1. The van der Waals surface area contributed by atoms with Crippen molar-refractivity contribution in [1.29, 1.82) is 0 Å². The standard InChI is InChI=1S/C14H21NO2S/c1-9(15-10(2)14(16)17-3)13-8-11-6-4-5-7-12(11)18-13/h8-10,15H,4-7H2,1-3H3. The van der Waals surface area contributed by atoms with Crippen molar-refractivity contribution in [2.45, 2.75) is 51.6 Å². The summed E-state index contributed by atoms with van der Waals surface area (Å²) in [7, 11) is 1.43. The number of thiophene rings is 1. The summed E-state index contributed by atoms with van der Waals surface area (Å²) < 4.78 is 4.73. The molecule has 1 aromatic rings. The van der Waals surface area contributed by atoms with Gasteiger partial charge in [-0.1, -0.05) is 0 Å². The molecule has 1 N–H and O–H groups in total. The van der Waals surface area contributed by atoms with Gasteiger partial charge >= 0.3 is 5.97 Å². The lowest BCUT2D eigenvalue weighted by molar-refractivity contribution is -0.142. The van der Waals surface area contributed by atoms with Crippen molar-refractivity contribution in [2.24, 2.45) is 0 Å². The molecule has 2 unspecified atom stereocenters. The number of aryl methyl sites for hydroxylation is 2. The van der Waals surface area contributed by atoms with Crippen LogP contribution < -0.4 is 5.32 Å². The number of fused-ring (bicyclic) bond motifs is 1. The number of hydrogen-bond donors (Lipinski definition) is 1. The van der Waals surface area contributed by atoms with Crippen LogP contribution in [0.2, 0.25) is 0 Å². The fourth-order valence-electron chi connectivity index (χ4n) is 2.43. The van der Waals surface area contributed by atoms with E-state index in [0.29, 0.717) is 0 Å². The molecule has 0 bridgehead atoms. The second-order valence-corrected chi connectivity index (χ2v) is 6.11. The van der Waals surface area contributed by atoms with Crippen molar-refractivity contribution in [3.05, 3.63) is 21.4 Å². The molecule has 1 aliphatic carbocycles. The van der Waals surface area contributed by atoms with E-state index in [0.717, 1.165) is 0 Å². The first-order valence-electron chi connectivity index (χ1n) is 6.57. The molecular formula is C14H21NO2S. The summed E-state index contributed by atoms with van der Waals surface area (Å²) in [5.41, 5.74) is 1.51. The second-order valence-electron chi connectivity index (χ2n) is 4.94. The van der Waals surface area contributed by atoms with Crippen LogP contribution in [0.3, 0.4) is 0 Å². The Morgan fingerprint density at radius 1 is 1.39 bits per heavy atom. The Labute approximate surface area is 113 Å². The van der Waals surface area contributed by atoms with Gasteiger partial charge in [-0.15, -0.1) is 11.3 Å². The van der Waals surface area contributed by atoms with Gasteiger partial charge in [0.2, 0.25) is 0 Å². The molecule has 100 valence electrons. The number of rotatable bonds is 4. The average molecular weight is 267 g/mol. The third-order valence-corrected chi connectivity index (χ3v) is 4.92. The van der Waals surface area contributed by atoms with Gasteiger partial charge in [-0.2, -0.15) is 0 Å². The van der Waals surface area contributed by atoms with Gasteiger partial charge in [0.15, 0.2) is 0 Å². The van der Waals surface area contributed by atoms with Crippen LogP contribution in [-0.2, 0) is 22.4 Å². The third kappa shape index (κ3) is 2.93. The highest BCUT2D eigenvalue weighted by Gasteiger charge is 2.20. The lowest BCUT2D eigenvalue weighted by Gasteiger charge is -2.16. The molecule has 0 fully saturated rings. The van der Waals surface area contributed by atoms with Gasteiger partial charge in [-0.05, 0) is 51.2 Å². The molecule has 0 aromatic carbocycles. The molecule has 1 aromatic heterocycles. The van der Waals surface area contributed by atoms with E-state index >= 15 is 0 Å². The van der Waals surface area contributed by atoms with E-state index in [1.54, 1.807) is 0 Å². The van der Waals surface area contributed by atoms with Gasteiger partial charge in [0.05, 0.1) is 7.11 Å². The summed E-state index contributed by atoms with van der Waals surface area (Å²) in [5, 5.41) is 3.29. The highest BCUT2D eigenvalue weighted by Crippen LogP contribution is 2.32. The Morgan fingerprint density at radius 2 is 2.11 bits per heavy atom. The molecule has 0 aliphatic heterocycles. The number of ether oxygens (including phenoxy) is 1. The van der Waals surface area contributed by atoms with E-state index in [1.807, 2.05) is 18.3 Å². The summed E-state index contributed by atoms with van der Waals surface area (Å²) in [6.07, 6.45) is 5.06. The van der Waals surface area contributed by atoms with Gasteiger partial charge in [0, 0.05) is 15.8 Å². The van der Waals surface area contributed by atoms with E-state index in [2.05, 4.69) is 18.3 Å². The van der Waals surface area contributed by atoms with Gasteiger partial charge in [-0.3, -0.25) is 10.1 Å². The Kier molecular flexibility index (Phi) is 4.40. The molecule has 2 rings (SSSR count). The summed E-state index contributed by atoms with van der Waals surface area (Å²) in [4.78, 5) is 14.3. The molecule has 1 heterocycles. The van der Waals surface area contributed by atoms with E-state index in [1.165, 1.54) is 48.1 Å². The number of carbonyl (C=O) groups excluding carboxylic acids is 1. The molecule has 2 atom stereocenters. The maximum atomic E-state index is 11.4. The third-order valence-electron chi connectivity index (χ3n) is 3.50. The SMILES string of the molecule is COC(=O)C(C)NC(C)c1cc2c(s1)CCCC2. The van der Waals surface area contributed by atoms with Crippen LogP contribution in [0.1, 0.15) is 48.0 Å². The highest BCUT2D eigenvalue weighted by molar-refractivity contribution is 7.12. The van der Waals surface area contributed by atoms with Crippen molar-refractivity contribution in [2.75, 3.05) is 7.11 Å². The van der Waals surface area contributed by atoms with Crippen molar-refractivity contribution in [3.8, 4) is 0 Å². The number of nitrogens with one attached hydrogen (secondary N) is 1. The van der Waals surface area contributed by atoms with Crippen LogP contribution in [0.4, 0.5) is 0 Å². The number of methoxy groups -OCH3 is 1. The maximum Gasteiger partial charge on any atom is 0.322 e. The smallest absolute Gasteiger partial charge is 0.322 e. The summed E-state index contributed by atoms with van der Waals surface area (Å²) >= 11 is 1.89. The van der Waals surface area contributed by atoms with Gasteiger partial charge in [0.1, 0.15) is 6.04 Å². The normalized spacial score (nSPS) is 17.9. The Balaban J connectivity index is 2.02. The van der Waals surface area contributed by atoms with Crippen LogP contribution in [0.15, 0.2) is 6.07 Å². The lowest BCUT2D eigenvalue weighted by atomic mass is 9.99. The second kappa shape index (κ2) is 5.85. The van der Waals surface area contributed by atoms with Crippen molar-refractivity contribution in [3.63, 3.8) is 0 Å². The van der Waals surface area contributed by atoms with E-state index in [9.17, 15) is 4.79 Å². The van der Waals surface area contributed by atoms with E-state index < -0.39 is 0 Å². The van der Waals surface area contributed by atoms with E-state index in [4.69, 9.17) is 4.74 Å². The molecule has 4 heteroatoms. The molecule has 0 saturated heterocycles. The zero-order valence-electron chi connectivity index (χ0n) is 11.3. The molecule has 3 nitrogen and oxygen atoms in total. The molecule has 18 heavy (non-hydrogen) atoms. The largest absolute Gasteiger partial charge is 0.468 e. The van der Waals surface area contributed by atoms with Gasteiger partial charge < -0.3 is 4.74 Å². The predicted octanol–water partition coefficient (Wildman–Crippen LogP) is 2.84. The minimum absolute atomic E-state index is 0.203. The Bertz CT molecular complexity index is 404. The molecule has 0 spiro atoms. The van der Waals surface area contributed by atoms with Crippen molar-refractivity contribution in [1.82, 2.24) is 5.32 Å². The van der Waals surface area contributed by atoms with Crippen molar-refractivity contribution >= 4 is 17.3 Å². The molecule has 0 amide bonds. The van der Waals surface area contributed by atoms with Crippen LogP contribution in [0, 0.1) is 0 Å². The van der Waals surface area contributed by atoms with Crippen LogP contribution in [0.5, 0.6) is 0 Å². The topological polar surface area (TPSA) is 38.3 Å². The predicted molar refractivity (Wildman–Crippen MR) is 74.0 cm³/mol. The lowest BCUT2D eigenvalue weighted by Crippen LogP contribution is -2.36. The first-order valence-corrected chi connectivity index (χ1v) is 7.39. The first-order chi connectivity index (χ1) is 8.61. The summed E-state index contributed by atoms with van der Waals surface area (Å²) in [5.74, 6) is -0.205. The highest BCUT2D eigenvalue weighted by atomic mass is 32.1. The maximum absolute atomic E-state index is 11.4. The van der Waals surface area contributed by atoms with Crippen LogP contribution in [0.25, 0.3) is 0 Å². The monoisotopic (exact) mass is 267 g/mol. The Hall–Kier alpha value is -0.870. The molecule has 0 radical (unpaired) electrons. The fourth-order valence-corrected chi connectivity index (χ4v) is 3.70. The molecule has 1 aliphatic rings. The first kappa shape index (κ1) is 13.6. The van der Waals surface area contributed by atoms with Gasteiger partial charge in [-0.25, -0.2) is 0 Å². The summed E-state index contributed by atoms with van der Waals surface area (Å²) in [6, 6.07) is 2.25. The molecule has 0 saturated carbocycles. The van der Waals surface area contributed by atoms with Crippen LogP contribution in [-0.4, -0.2) is 19.1 Å². The van der Waals surface area contributed by atoms with Crippen molar-refractivity contribution < 1.29 is 9.53 Å². The zero-order valence-corrected chi connectivity index (χ0v) is 12.1. The molecular weight excluding hydrogens is 246 g/mol. The fraction of sp³-hybridized carbons (Fsp3) is 0.643. The minimum atomic E-state index is -0.260. The quantitative estimate of drug-likeness (QED) is 0.853. The minimum Gasteiger partial charge on any atom is -0.468 e. The van der Waals surface area contributed by atoms with Crippen LogP contribution >= 0.6 is 11.3 Å². The Morgan fingerprint density at radius 3 is 2.78 bits per heavy atom. The number of hydrogen-bond acceptors (Lipinski definition) is 4. The average Bonchev–Trinajstić information content (AvgIpc) is 2.81. The van der Waals surface area contributed by atoms with E-state index in [-0.39, 0.29) is 18.1 Å². The van der Waals surface area contributed by atoms with Gasteiger partial charge in [0.25, 0.3) is 0 Å². The number of esters is 1.